The molecule has 0 aliphatic carbocycles. The standard InChI is InChI=1S/C65H122O6/c1-4-7-10-13-16-19-22-24-26-28-30-31-32-33-34-35-36-38-39-41-43-46-49-52-55-58-64(67)70-61-62(60-69-63(66)57-54-51-48-45-21-18-15-12-9-6-3)71-65(68)59-56-53-50-47-44-42-40-37-29-27-25-23-20-17-14-11-8-5-2/h27-30,62H,4-26,31-61H2,1-3H3/b29-27-,30-28-. The van der Waals surface area contributed by atoms with Gasteiger partial charge in [0.25, 0.3) is 0 Å². The maximum atomic E-state index is 12.9. The van der Waals surface area contributed by atoms with E-state index in [0.717, 1.165) is 57.8 Å². The van der Waals surface area contributed by atoms with Crippen LogP contribution in [0, 0.1) is 0 Å². The van der Waals surface area contributed by atoms with Crippen molar-refractivity contribution in [1.29, 1.82) is 0 Å². The summed E-state index contributed by atoms with van der Waals surface area (Å²) in [7, 11) is 0. The Morgan fingerprint density at radius 1 is 0.268 bits per heavy atom. The molecular weight excluding hydrogens is 877 g/mol. The molecule has 0 N–H and O–H groups in total. The number of unbranched alkanes of at least 4 members (excludes halogenated alkanes) is 44. The van der Waals surface area contributed by atoms with Crippen molar-refractivity contribution in [1.82, 2.24) is 0 Å². The normalized spacial score (nSPS) is 12.1. The molecule has 0 rings (SSSR count). The number of rotatable bonds is 59. The summed E-state index contributed by atoms with van der Waals surface area (Å²) in [6.07, 6.45) is 71.9. The van der Waals surface area contributed by atoms with Crippen LogP contribution >= 0.6 is 0 Å². The van der Waals surface area contributed by atoms with E-state index in [1.54, 1.807) is 0 Å². The maximum Gasteiger partial charge on any atom is 0.306 e. The third-order valence-corrected chi connectivity index (χ3v) is 14.4. The highest BCUT2D eigenvalue weighted by molar-refractivity contribution is 5.71. The second kappa shape index (κ2) is 60.4. The lowest BCUT2D eigenvalue weighted by Gasteiger charge is -2.18. The van der Waals surface area contributed by atoms with Gasteiger partial charge in [-0.25, -0.2) is 0 Å². The molecule has 0 aromatic heterocycles. The number of allylic oxidation sites excluding steroid dienone is 4. The first kappa shape index (κ1) is 68.9. The number of esters is 3. The zero-order chi connectivity index (χ0) is 51.4. The van der Waals surface area contributed by atoms with Gasteiger partial charge in [-0.15, -0.1) is 0 Å². The van der Waals surface area contributed by atoms with Crippen LogP contribution in [-0.2, 0) is 28.6 Å². The molecule has 0 aliphatic heterocycles. The molecule has 0 aliphatic rings. The molecule has 0 saturated carbocycles. The van der Waals surface area contributed by atoms with Gasteiger partial charge < -0.3 is 14.2 Å². The van der Waals surface area contributed by atoms with Crippen LogP contribution in [0.1, 0.15) is 355 Å². The molecule has 1 atom stereocenters. The fourth-order valence-electron chi connectivity index (χ4n) is 9.61. The van der Waals surface area contributed by atoms with Crippen LogP contribution in [0.3, 0.4) is 0 Å². The summed E-state index contributed by atoms with van der Waals surface area (Å²) < 4.78 is 16.9. The minimum Gasteiger partial charge on any atom is -0.462 e. The Kier molecular flexibility index (Phi) is 58.6. The SMILES string of the molecule is CCCCCCCCC/C=C\CCCCCCCCCC(=O)OC(COC(=O)CCCCCCCCCCCC)COC(=O)CCCCCCCCCCCCCCC/C=C\CCCCCCCCCC. The number of carbonyl (C=O) groups excluding carboxylic acids is 3. The summed E-state index contributed by atoms with van der Waals surface area (Å²) in [5.41, 5.74) is 0. The molecule has 0 amide bonds. The first-order valence-electron chi connectivity index (χ1n) is 31.8. The minimum atomic E-state index is -0.769. The number of hydrogen-bond acceptors (Lipinski definition) is 6. The van der Waals surface area contributed by atoms with E-state index in [1.807, 2.05) is 0 Å². The van der Waals surface area contributed by atoms with Gasteiger partial charge in [-0.3, -0.25) is 14.4 Å². The first-order valence-corrected chi connectivity index (χ1v) is 31.8. The van der Waals surface area contributed by atoms with E-state index in [9.17, 15) is 14.4 Å². The van der Waals surface area contributed by atoms with Crippen LogP contribution < -0.4 is 0 Å². The number of carbonyl (C=O) groups is 3. The Morgan fingerprint density at radius 3 is 0.704 bits per heavy atom. The van der Waals surface area contributed by atoms with Gasteiger partial charge in [-0.2, -0.15) is 0 Å². The molecule has 0 spiro atoms. The molecule has 6 heteroatoms. The van der Waals surface area contributed by atoms with Crippen molar-refractivity contribution in [3.05, 3.63) is 24.3 Å². The Bertz CT molecular complexity index is 1150. The summed E-state index contributed by atoms with van der Waals surface area (Å²) in [6.45, 7) is 6.68. The lowest BCUT2D eigenvalue weighted by atomic mass is 10.0. The lowest BCUT2D eigenvalue weighted by Crippen LogP contribution is -2.30. The van der Waals surface area contributed by atoms with E-state index in [1.165, 1.54) is 257 Å². The van der Waals surface area contributed by atoms with Gasteiger partial charge in [0.05, 0.1) is 0 Å². The summed E-state index contributed by atoms with van der Waals surface area (Å²) in [5, 5.41) is 0. The zero-order valence-electron chi connectivity index (χ0n) is 48.0. The van der Waals surface area contributed by atoms with Crippen LogP contribution in [0.25, 0.3) is 0 Å². The highest BCUT2D eigenvalue weighted by Gasteiger charge is 2.19. The largest absolute Gasteiger partial charge is 0.462 e. The van der Waals surface area contributed by atoms with Crippen LogP contribution in [0.5, 0.6) is 0 Å². The van der Waals surface area contributed by atoms with Gasteiger partial charge in [0, 0.05) is 19.3 Å². The third-order valence-electron chi connectivity index (χ3n) is 14.4. The second-order valence-electron chi connectivity index (χ2n) is 21.7. The molecule has 0 fully saturated rings. The molecule has 6 nitrogen and oxygen atoms in total. The van der Waals surface area contributed by atoms with Crippen LogP contribution in [0.4, 0.5) is 0 Å². The van der Waals surface area contributed by atoms with E-state index >= 15 is 0 Å². The van der Waals surface area contributed by atoms with Gasteiger partial charge in [0.2, 0.25) is 0 Å². The van der Waals surface area contributed by atoms with Crippen LogP contribution in [0.15, 0.2) is 24.3 Å². The highest BCUT2D eigenvalue weighted by Crippen LogP contribution is 2.17. The van der Waals surface area contributed by atoms with Gasteiger partial charge in [-0.05, 0) is 70.6 Å². The van der Waals surface area contributed by atoms with E-state index in [2.05, 4.69) is 45.1 Å². The van der Waals surface area contributed by atoms with Crippen LogP contribution in [-0.4, -0.2) is 37.2 Å². The number of ether oxygens (including phenoxy) is 3. The monoisotopic (exact) mass is 999 g/mol. The van der Waals surface area contributed by atoms with Crippen molar-refractivity contribution in [3.8, 4) is 0 Å². The van der Waals surface area contributed by atoms with Gasteiger partial charge in [0.15, 0.2) is 6.10 Å². The predicted octanol–water partition coefficient (Wildman–Crippen LogP) is 21.4. The first-order chi connectivity index (χ1) is 35.0. The molecule has 418 valence electrons. The van der Waals surface area contributed by atoms with Crippen molar-refractivity contribution in [2.45, 2.75) is 361 Å². The molecule has 71 heavy (non-hydrogen) atoms. The summed E-state index contributed by atoms with van der Waals surface area (Å²) in [6, 6.07) is 0. The number of hydrogen-bond donors (Lipinski definition) is 0. The molecule has 0 radical (unpaired) electrons. The molecule has 0 aromatic rings. The van der Waals surface area contributed by atoms with Gasteiger partial charge in [0.1, 0.15) is 13.2 Å². The molecular formula is C65H122O6. The van der Waals surface area contributed by atoms with Crippen molar-refractivity contribution in [3.63, 3.8) is 0 Å². The molecule has 0 saturated heterocycles. The average molecular weight is 1000 g/mol. The molecule has 0 bridgehead atoms. The topological polar surface area (TPSA) is 78.9 Å². The Balaban J connectivity index is 4.18. The molecule has 1 unspecified atom stereocenters. The average Bonchev–Trinajstić information content (AvgIpc) is 3.37. The fourth-order valence-corrected chi connectivity index (χ4v) is 9.61. The van der Waals surface area contributed by atoms with Crippen molar-refractivity contribution in [2.75, 3.05) is 13.2 Å². The van der Waals surface area contributed by atoms with Gasteiger partial charge in [-0.1, -0.05) is 289 Å². The second-order valence-corrected chi connectivity index (χ2v) is 21.7. The van der Waals surface area contributed by atoms with Crippen LogP contribution in [0.2, 0.25) is 0 Å². The smallest absolute Gasteiger partial charge is 0.306 e. The zero-order valence-corrected chi connectivity index (χ0v) is 48.0. The Morgan fingerprint density at radius 2 is 0.465 bits per heavy atom. The fraction of sp³-hybridized carbons (Fsp3) is 0.892. The van der Waals surface area contributed by atoms with Crippen molar-refractivity contribution >= 4 is 17.9 Å². The predicted molar refractivity (Wildman–Crippen MR) is 307 cm³/mol. The van der Waals surface area contributed by atoms with Crippen molar-refractivity contribution < 1.29 is 28.6 Å². The summed E-state index contributed by atoms with van der Waals surface area (Å²) >= 11 is 0. The third kappa shape index (κ3) is 58.7. The lowest BCUT2D eigenvalue weighted by molar-refractivity contribution is -0.167. The van der Waals surface area contributed by atoms with E-state index in [4.69, 9.17) is 14.2 Å². The summed E-state index contributed by atoms with van der Waals surface area (Å²) in [5.74, 6) is -0.851. The van der Waals surface area contributed by atoms with Gasteiger partial charge >= 0.3 is 17.9 Å². The van der Waals surface area contributed by atoms with E-state index in [-0.39, 0.29) is 31.1 Å². The van der Waals surface area contributed by atoms with E-state index < -0.39 is 6.10 Å². The highest BCUT2D eigenvalue weighted by atomic mass is 16.6. The van der Waals surface area contributed by atoms with E-state index in [0.29, 0.717) is 19.3 Å². The minimum absolute atomic E-state index is 0.0682. The quantitative estimate of drug-likeness (QED) is 0.0261. The summed E-state index contributed by atoms with van der Waals surface area (Å²) in [4.78, 5) is 38.2. The maximum absolute atomic E-state index is 12.9. The molecule has 0 aromatic carbocycles. The Labute approximate surface area is 443 Å². The van der Waals surface area contributed by atoms with Crippen molar-refractivity contribution in [2.24, 2.45) is 0 Å². The Hall–Kier alpha value is -2.11. The molecule has 0 heterocycles.